The Morgan fingerprint density at radius 1 is 1.56 bits per heavy atom. The van der Waals surface area contributed by atoms with Crippen LogP contribution >= 0.6 is 0 Å². The van der Waals surface area contributed by atoms with Crippen molar-refractivity contribution in [2.45, 2.75) is 25.8 Å². The van der Waals surface area contributed by atoms with E-state index in [9.17, 15) is 9.59 Å². The van der Waals surface area contributed by atoms with Crippen LogP contribution < -0.4 is 10.6 Å². The molecule has 18 heavy (non-hydrogen) atoms. The van der Waals surface area contributed by atoms with E-state index in [0.717, 1.165) is 5.56 Å². The molecular weight excluding hydrogens is 236 g/mol. The third-order valence-corrected chi connectivity index (χ3v) is 2.47. The van der Waals surface area contributed by atoms with Crippen LogP contribution in [0.3, 0.4) is 0 Å². The smallest absolute Gasteiger partial charge is 0.326 e. The van der Waals surface area contributed by atoms with Crippen LogP contribution in [0.5, 0.6) is 0 Å². The quantitative estimate of drug-likeness (QED) is 0.672. The monoisotopic (exact) mass is 254 g/mol. The van der Waals surface area contributed by atoms with Gasteiger partial charge >= 0.3 is 12.0 Å². The highest BCUT2D eigenvalue weighted by Gasteiger charge is 2.16. The number of aryl methyl sites for hydroxylation is 1. The number of carboxylic acid groups (broad SMARTS) is 1. The molecular formula is C11H18N4O3. The van der Waals surface area contributed by atoms with Gasteiger partial charge < -0.3 is 15.7 Å². The number of urea groups is 1. The summed E-state index contributed by atoms with van der Waals surface area (Å²) in [5.41, 5.74) is 1.02. The zero-order valence-electron chi connectivity index (χ0n) is 10.5. The summed E-state index contributed by atoms with van der Waals surface area (Å²) in [6.45, 7) is 2.14. The molecule has 0 radical (unpaired) electrons. The fourth-order valence-electron chi connectivity index (χ4n) is 1.47. The number of nitrogens with one attached hydrogen (secondary N) is 2. The van der Waals surface area contributed by atoms with E-state index in [1.54, 1.807) is 17.8 Å². The summed E-state index contributed by atoms with van der Waals surface area (Å²) < 4.78 is 1.69. The molecule has 1 rings (SSSR count). The Hall–Kier alpha value is -2.05. The molecule has 0 bridgehead atoms. The molecule has 0 unspecified atom stereocenters. The molecule has 3 N–H and O–H groups in total. The second-order valence-corrected chi connectivity index (χ2v) is 3.97. The largest absolute Gasteiger partial charge is 0.480 e. The summed E-state index contributed by atoms with van der Waals surface area (Å²) >= 11 is 0. The summed E-state index contributed by atoms with van der Waals surface area (Å²) in [7, 11) is 1.82. The minimum absolute atomic E-state index is 0.353. The van der Waals surface area contributed by atoms with E-state index in [2.05, 4.69) is 15.7 Å². The Balaban J connectivity index is 2.26. The first-order chi connectivity index (χ1) is 8.52. The van der Waals surface area contributed by atoms with Crippen molar-refractivity contribution in [3.63, 3.8) is 0 Å². The lowest BCUT2D eigenvalue weighted by Crippen LogP contribution is -2.46. The maximum atomic E-state index is 11.4. The molecule has 0 aliphatic carbocycles. The Labute approximate surface area is 105 Å². The number of rotatable bonds is 6. The summed E-state index contributed by atoms with van der Waals surface area (Å²) in [4.78, 5) is 22.1. The molecule has 1 atom stereocenters. The summed E-state index contributed by atoms with van der Waals surface area (Å²) in [5, 5.41) is 17.8. The molecule has 1 aromatic heterocycles. The van der Waals surface area contributed by atoms with Crippen LogP contribution in [-0.4, -0.2) is 39.5 Å². The molecule has 100 valence electrons. The zero-order valence-corrected chi connectivity index (χ0v) is 10.5. The van der Waals surface area contributed by atoms with Crippen molar-refractivity contribution >= 4 is 12.0 Å². The number of carboxylic acids is 1. The molecule has 7 heteroatoms. The molecule has 1 heterocycles. The summed E-state index contributed by atoms with van der Waals surface area (Å²) in [6, 6.07) is -1.31. The predicted molar refractivity (Wildman–Crippen MR) is 65.2 cm³/mol. The van der Waals surface area contributed by atoms with E-state index >= 15 is 0 Å². The molecule has 0 aromatic carbocycles. The van der Waals surface area contributed by atoms with E-state index in [1.165, 1.54) is 0 Å². The predicted octanol–water partition coefficient (Wildman–Crippen LogP) is 0.125. The Morgan fingerprint density at radius 2 is 2.28 bits per heavy atom. The summed E-state index contributed by atoms with van der Waals surface area (Å²) in [5.74, 6) is -1.03. The lowest BCUT2D eigenvalue weighted by Gasteiger charge is -2.12. The highest BCUT2D eigenvalue weighted by Crippen LogP contribution is 1.96. The van der Waals surface area contributed by atoms with Crippen molar-refractivity contribution in [2.75, 3.05) is 6.54 Å². The summed E-state index contributed by atoms with van der Waals surface area (Å²) in [6.07, 6.45) is 4.61. The molecule has 2 amide bonds. The van der Waals surface area contributed by atoms with Crippen molar-refractivity contribution in [1.82, 2.24) is 20.4 Å². The first kappa shape index (κ1) is 14.0. The van der Waals surface area contributed by atoms with Gasteiger partial charge in [-0.05, 0) is 18.4 Å². The fourth-order valence-corrected chi connectivity index (χ4v) is 1.47. The van der Waals surface area contributed by atoms with Crippen molar-refractivity contribution < 1.29 is 14.7 Å². The Bertz CT molecular complexity index is 416. The zero-order chi connectivity index (χ0) is 13.5. The van der Waals surface area contributed by atoms with Gasteiger partial charge in [0.25, 0.3) is 0 Å². The van der Waals surface area contributed by atoms with Crippen LogP contribution in [0.15, 0.2) is 12.4 Å². The van der Waals surface area contributed by atoms with Crippen LogP contribution in [0.2, 0.25) is 0 Å². The first-order valence-corrected chi connectivity index (χ1v) is 5.77. The number of aliphatic carboxylic acids is 1. The number of hydrogen-bond acceptors (Lipinski definition) is 3. The number of nitrogens with zero attached hydrogens (tertiary/aromatic N) is 2. The van der Waals surface area contributed by atoms with Gasteiger partial charge in [0, 0.05) is 19.8 Å². The average Bonchev–Trinajstić information content (AvgIpc) is 2.71. The van der Waals surface area contributed by atoms with Gasteiger partial charge in [0.05, 0.1) is 6.20 Å². The first-order valence-electron chi connectivity index (χ1n) is 5.77. The third kappa shape index (κ3) is 4.44. The standard InChI is InChI=1S/C11H18N4O3/c1-3-9(10(16)17)14-11(18)12-5-4-8-6-13-15(2)7-8/h6-7,9H,3-5H2,1-2H3,(H,16,17)(H2,12,14,18)/t9-/m1/s1. The third-order valence-electron chi connectivity index (χ3n) is 2.47. The van der Waals surface area contributed by atoms with Gasteiger partial charge in [-0.2, -0.15) is 5.10 Å². The highest BCUT2D eigenvalue weighted by atomic mass is 16.4. The van der Waals surface area contributed by atoms with E-state index in [4.69, 9.17) is 5.11 Å². The number of aromatic nitrogens is 2. The van der Waals surface area contributed by atoms with Crippen LogP contribution in [0.25, 0.3) is 0 Å². The molecule has 0 saturated heterocycles. The molecule has 0 aliphatic rings. The van der Waals surface area contributed by atoms with Gasteiger partial charge in [-0.1, -0.05) is 6.92 Å². The SMILES string of the molecule is CC[C@@H](NC(=O)NCCc1cnn(C)c1)C(=O)O. The molecule has 1 aromatic rings. The van der Waals surface area contributed by atoms with Crippen molar-refractivity contribution in [2.24, 2.45) is 7.05 Å². The van der Waals surface area contributed by atoms with E-state index in [-0.39, 0.29) is 0 Å². The van der Waals surface area contributed by atoms with E-state index in [0.29, 0.717) is 19.4 Å². The average molecular weight is 254 g/mol. The van der Waals surface area contributed by atoms with Gasteiger partial charge in [-0.3, -0.25) is 4.68 Å². The molecule has 0 aliphatic heterocycles. The second kappa shape index (κ2) is 6.63. The highest BCUT2D eigenvalue weighted by molar-refractivity contribution is 5.82. The maximum absolute atomic E-state index is 11.4. The molecule has 7 nitrogen and oxygen atoms in total. The van der Waals surface area contributed by atoms with Gasteiger partial charge in [-0.25, -0.2) is 9.59 Å². The van der Waals surface area contributed by atoms with Crippen molar-refractivity contribution in [1.29, 1.82) is 0 Å². The molecule has 0 saturated carbocycles. The van der Waals surface area contributed by atoms with Crippen molar-refractivity contribution in [3.8, 4) is 0 Å². The van der Waals surface area contributed by atoms with E-state index < -0.39 is 18.0 Å². The molecule has 0 fully saturated rings. The van der Waals surface area contributed by atoms with Crippen molar-refractivity contribution in [3.05, 3.63) is 18.0 Å². The number of carbonyl (C=O) groups excluding carboxylic acids is 1. The minimum atomic E-state index is -1.03. The Kier molecular flexibility index (Phi) is 5.16. The number of amides is 2. The lowest BCUT2D eigenvalue weighted by atomic mass is 10.2. The van der Waals surface area contributed by atoms with Gasteiger partial charge in [0.1, 0.15) is 6.04 Å². The van der Waals surface area contributed by atoms with Gasteiger partial charge in [0.2, 0.25) is 0 Å². The van der Waals surface area contributed by atoms with Crippen LogP contribution in [0.1, 0.15) is 18.9 Å². The molecule has 0 spiro atoms. The Morgan fingerprint density at radius 3 is 2.78 bits per heavy atom. The number of hydrogen-bond donors (Lipinski definition) is 3. The lowest BCUT2D eigenvalue weighted by molar-refractivity contribution is -0.139. The van der Waals surface area contributed by atoms with Gasteiger partial charge in [-0.15, -0.1) is 0 Å². The van der Waals surface area contributed by atoms with E-state index in [1.807, 2.05) is 13.2 Å². The normalized spacial score (nSPS) is 11.9. The van der Waals surface area contributed by atoms with Crippen LogP contribution in [0, 0.1) is 0 Å². The van der Waals surface area contributed by atoms with Crippen LogP contribution in [0.4, 0.5) is 4.79 Å². The fraction of sp³-hybridized carbons (Fsp3) is 0.545. The maximum Gasteiger partial charge on any atom is 0.326 e. The van der Waals surface area contributed by atoms with Crippen LogP contribution in [-0.2, 0) is 18.3 Å². The van der Waals surface area contributed by atoms with Gasteiger partial charge in [0.15, 0.2) is 0 Å². The topological polar surface area (TPSA) is 96.3 Å². The minimum Gasteiger partial charge on any atom is -0.480 e. The number of carbonyl (C=O) groups is 2. The second-order valence-electron chi connectivity index (χ2n) is 3.97.